The molecule has 0 saturated carbocycles. The molecule has 0 N–H and O–H groups in total. The van der Waals surface area contributed by atoms with Gasteiger partial charge < -0.3 is 9.30 Å². The van der Waals surface area contributed by atoms with Crippen LogP contribution in [0.15, 0.2) is 78.1 Å². The maximum absolute atomic E-state index is 12.9. The highest BCUT2D eigenvalue weighted by molar-refractivity contribution is 5.95. The average Bonchev–Trinajstić information content (AvgIpc) is 3.28. The Morgan fingerprint density at radius 1 is 0.969 bits per heavy atom. The predicted octanol–water partition coefficient (Wildman–Crippen LogP) is 2.02. The normalized spacial score (nSPS) is 14.7. The fraction of sp³-hybridized carbons (Fsp3) is 0.250. The van der Waals surface area contributed by atoms with E-state index in [-0.39, 0.29) is 11.5 Å². The van der Waals surface area contributed by atoms with Crippen LogP contribution < -0.4 is 5.56 Å². The van der Waals surface area contributed by atoms with E-state index in [9.17, 15) is 9.59 Å². The Hall–Kier alpha value is -3.78. The van der Waals surface area contributed by atoms with Gasteiger partial charge in [-0.3, -0.25) is 19.5 Å². The summed E-state index contributed by atoms with van der Waals surface area (Å²) in [6.45, 7) is 4.10. The van der Waals surface area contributed by atoms with Gasteiger partial charge >= 0.3 is 0 Å². The minimum Gasteiger partial charge on any atom is -0.336 e. The minimum absolute atomic E-state index is 0.0652. The number of aromatic nitrogens is 4. The third-order valence-electron chi connectivity index (χ3n) is 5.86. The second kappa shape index (κ2) is 8.76. The molecule has 0 aliphatic carbocycles. The fourth-order valence-electron chi connectivity index (χ4n) is 4.04. The molecule has 32 heavy (non-hydrogen) atoms. The van der Waals surface area contributed by atoms with Crippen LogP contribution in [0.3, 0.4) is 0 Å². The largest absolute Gasteiger partial charge is 0.336 e. The van der Waals surface area contributed by atoms with Gasteiger partial charge in [0.15, 0.2) is 0 Å². The van der Waals surface area contributed by atoms with E-state index in [1.165, 1.54) is 4.68 Å². The van der Waals surface area contributed by atoms with Gasteiger partial charge in [0.05, 0.1) is 17.8 Å². The zero-order valence-corrected chi connectivity index (χ0v) is 17.7. The summed E-state index contributed by atoms with van der Waals surface area (Å²) >= 11 is 0. The molecule has 0 radical (unpaired) electrons. The molecule has 8 heteroatoms. The molecule has 0 atom stereocenters. The Labute approximate surface area is 185 Å². The molecule has 1 aliphatic heterocycles. The summed E-state index contributed by atoms with van der Waals surface area (Å²) in [4.78, 5) is 33.5. The van der Waals surface area contributed by atoms with Gasteiger partial charge in [-0.1, -0.05) is 6.07 Å². The molecule has 8 nitrogen and oxygen atoms in total. The lowest BCUT2D eigenvalue weighted by Gasteiger charge is -2.34. The average molecular weight is 428 g/mol. The Balaban J connectivity index is 1.18. The first-order valence-corrected chi connectivity index (χ1v) is 10.7. The molecule has 1 amide bonds. The maximum atomic E-state index is 12.9. The number of carbonyl (C=O) groups is 1. The van der Waals surface area contributed by atoms with E-state index in [1.54, 1.807) is 24.5 Å². The van der Waals surface area contributed by atoms with Crippen LogP contribution in [0.5, 0.6) is 0 Å². The van der Waals surface area contributed by atoms with Gasteiger partial charge in [-0.15, -0.1) is 0 Å². The molecule has 1 fully saturated rings. The highest BCUT2D eigenvalue weighted by atomic mass is 16.2. The Kier molecular flexibility index (Phi) is 5.51. The van der Waals surface area contributed by atoms with Crippen LogP contribution in [0.4, 0.5) is 0 Å². The Morgan fingerprint density at radius 3 is 2.62 bits per heavy atom. The summed E-state index contributed by atoms with van der Waals surface area (Å²) in [5, 5.41) is 4.50. The third kappa shape index (κ3) is 4.17. The van der Waals surface area contributed by atoms with Crippen molar-refractivity contribution >= 4 is 11.4 Å². The standard InChI is InChI=1S/C24H24N6O2/c31-23-7-6-22(19-4-3-8-25-17-19)26-30(23)15-12-27-10-13-28(14-11-27)24(32)20-16-21-5-1-2-9-29(21)18-20/h1-9,16-18H,10-15H2. The second-order valence-corrected chi connectivity index (χ2v) is 7.92. The van der Waals surface area contributed by atoms with Crippen molar-refractivity contribution in [1.82, 2.24) is 29.0 Å². The Morgan fingerprint density at radius 2 is 1.84 bits per heavy atom. The molecule has 0 aromatic carbocycles. The van der Waals surface area contributed by atoms with Crippen molar-refractivity contribution in [2.45, 2.75) is 6.54 Å². The van der Waals surface area contributed by atoms with E-state index in [4.69, 9.17) is 0 Å². The number of piperazine rings is 1. The van der Waals surface area contributed by atoms with Crippen LogP contribution in [-0.2, 0) is 6.54 Å². The molecule has 1 saturated heterocycles. The van der Waals surface area contributed by atoms with Crippen molar-refractivity contribution in [2.75, 3.05) is 32.7 Å². The fourth-order valence-corrected chi connectivity index (χ4v) is 4.04. The van der Waals surface area contributed by atoms with Gasteiger partial charge in [0.2, 0.25) is 0 Å². The first-order chi connectivity index (χ1) is 15.7. The third-order valence-corrected chi connectivity index (χ3v) is 5.86. The van der Waals surface area contributed by atoms with E-state index >= 15 is 0 Å². The summed E-state index contributed by atoms with van der Waals surface area (Å²) in [6.07, 6.45) is 7.28. The smallest absolute Gasteiger partial charge is 0.266 e. The molecular weight excluding hydrogens is 404 g/mol. The summed E-state index contributed by atoms with van der Waals surface area (Å²) < 4.78 is 3.47. The minimum atomic E-state index is -0.118. The highest BCUT2D eigenvalue weighted by Crippen LogP contribution is 2.15. The number of amides is 1. The van der Waals surface area contributed by atoms with Gasteiger partial charge in [0.1, 0.15) is 0 Å². The van der Waals surface area contributed by atoms with Crippen LogP contribution in [0.2, 0.25) is 0 Å². The molecule has 5 heterocycles. The molecule has 162 valence electrons. The monoisotopic (exact) mass is 428 g/mol. The lowest BCUT2D eigenvalue weighted by atomic mass is 10.2. The highest BCUT2D eigenvalue weighted by Gasteiger charge is 2.23. The summed E-state index contributed by atoms with van der Waals surface area (Å²) in [5.74, 6) is 0.0652. The first kappa shape index (κ1) is 20.1. The van der Waals surface area contributed by atoms with E-state index in [0.29, 0.717) is 31.7 Å². The SMILES string of the molecule is O=C(c1cc2ccccn2c1)N1CCN(CCn2nc(-c3cccnc3)ccc2=O)CC1. The van der Waals surface area contributed by atoms with Gasteiger partial charge in [-0.05, 0) is 36.4 Å². The number of hydrogen-bond donors (Lipinski definition) is 0. The molecule has 1 aliphatic rings. The molecule has 5 rings (SSSR count). The number of fused-ring (bicyclic) bond motifs is 1. The molecule has 0 bridgehead atoms. The van der Waals surface area contributed by atoms with Crippen molar-refractivity contribution in [3.05, 3.63) is 89.2 Å². The number of nitrogens with zero attached hydrogens (tertiary/aromatic N) is 6. The van der Waals surface area contributed by atoms with Crippen LogP contribution in [0, 0.1) is 0 Å². The van der Waals surface area contributed by atoms with Crippen molar-refractivity contribution in [3.63, 3.8) is 0 Å². The number of rotatable bonds is 5. The van der Waals surface area contributed by atoms with Gasteiger partial charge in [0, 0.05) is 74.7 Å². The summed E-state index contributed by atoms with van der Waals surface area (Å²) in [7, 11) is 0. The predicted molar refractivity (Wildman–Crippen MR) is 121 cm³/mol. The van der Waals surface area contributed by atoms with Crippen LogP contribution in [-0.4, -0.2) is 67.6 Å². The van der Waals surface area contributed by atoms with E-state index in [2.05, 4.69) is 15.0 Å². The molecular formula is C24H24N6O2. The molecule has 4 aromatic rings. The van der Waals surface area contributed by atoms with Crippen molar-refractivity contribution in [2.24, 2.45) is 0 Å². The lowest BCUT2D eigenvalue weighted by molar-refractivity contribution is 0.0631. The quantitative estimate of drug-likeness (QED) is 0.486. The van der Waals surface area contributed by atoms with Crippen LogP contribution >= 0.6 is 0 Å². The first-order valence-electron chi connectivity index (χ1n) is 10.7. The summed E-state index contributed by atoms with van der Waals surface area (Å²) in [6, 6.07) is 14.9. The lowest BCUT2D eigenvalue weighted by Crippen LogP contribution is -2.49. The van der Waals surface area contributed by atoms with Crippen LogP contribution in [0.25, 0.3) is 16.8 Å². The van der Waals surface area contributed by atoms with Crippen molar-refractivity contribution in [3.8, 4) is 11.3 Å². The zero-order valence-electron chi connectivity index (χ0n) is 17.7. The van der Waals surface area contributed by atoms with Crippen molar-refractivity contribution in [1.29, 1.82) is 0 Å². The summed E-state index contributed by atoms with van der Waals surface area (Å²) in [5.41, 5.74) is 3.22. The molecule has 0 spiro atoms. The molecule has 0 unspecified atom stereocenters. The number of carbonyl (C=O) groups excluding carboxylic acids is 1. The van der Waals surface area contributed by atoms with Gasteiger partial charge in [-0.2, -0.15) is 5.10 Å². The molecule has 4 aromatic heterocycles. The van der Waals surface area contributed by atoms with E-state index in [1.807, 2.05) is 58.1 Å². The number of pyridine rings is 2. The second-order valence-electron chi connectivity index (χ2n) is 7.92. The van der Waals surface area contributed by atoms with Gasteiger partial charge in [0.25, 0.3) is 11.5 Å². The van der Waals surface area contributed by atoms with Gasteiger partial charge in [-0.25, -0.2) is 4.68 Å². The van der Waals surface area contributed by atoms with E-state index in [0.717, 1.165) is 29.9 Å². The maximum Gasteiger partial charge on any atom is 0.266 e. The van der Waals surface area contributed by atoms with Crippen molar-refractivity contribution < 1.29 is 4.79 Å². The topological polar surface area (TPSA) is 75.7 Å². The zero-order chi connectivity index (χ0) is 21.9. The van der Waals surface area contributed by atoms with Crippen LogP contribution in [0.1, 0.15) is 10.4 Å². The van der Waals surface area contributed by atoms with E-state index < -0.39 is 0 Å². The Bertz CT molecular complexity index is 1260. The number of hydrogen-bond acceptors (Lipinski definition) is 5.